The standard InChI is InChI=1S/C34H34NO/c1-20(2)18-29-25-13-8-7-12-23(25)21(3)31-33-32-27(16-17-35(33)4)26-15-9-14-24(22-10-5-6-11-22)28(26)19-30(32)36-34(29)31/h7-9,12-17,19-20,22H,5-6,10-11,18H2,1-4H3/q+1. The average Bonchev–Trinajstić information content (AvgIpc) is 3.42. The summed E-state index contributed by atoms with van der Waals surface area (Å²) in [6.07, 6.45) is 8.53. The number of hydrogen-bond acceptors (Lipinski definition) is 1. The molecule has 2 nitrogen and oxygen atoms in total. The van der Waals surface area contributed by atoms with Crippen molar-refractivity contribution in [2.75, 3.05) is 0 Å². The summed E-state index contributed by atoms with van der Waals surface area (Å²) >= 11 is 0. The van der Waals surface area contributed by atoms with Crippen molar-refractivity contribution in [3.8, 4) is 22.8 Å². The van der Waals surface area contributed by atoms with E-state index in [4.69, 9.17) is 4.74 Å². The van der Waals surface area contributed by atoms with Crippen LogP contribution in [0.25, 0.3) is 43.6 Å². The average molecular weight is 473 g/mol. The van der Waals surface area contributed by atoms with Crippen molar-refractivity contribution in [1.82, 2.24) is 0 Å². The number of fused-ring (bicyclic) bond motifs is 5. The fraction of sp³-hybridized carbons (Fsp3) is 0.324. The molecule has 1 saturated carbocycles. The molecule has 2 aliphatic rings. The molecule has 1 aliphatic carbocycles. The molecule has 0 amide bonds. The maximum atomic E-state index is 7.04. The highest BCUT2D eigenvalue weighted by Gasteiger charge is 2.34. The fourth-order valence-corrected chi connectivity index (χ4v) is 7.05. The monoisotopic (exact) mass is 472 g/mol. The van der Waals surface area contributed by atoms with E-state index in [-0.39, 0.29) is 0 Å². The van der Waals surface area contributed by atoms with Gasteiger partial charge in [0.25, 0.3) is 0 Å². The Labute approximate surface area is 213 Å². The fourth-order valence-electron chi connectivity index (χ4n) is 7.05. The lowest BCUT2D eigenvalue weighted by molar-refractivity contribution is -0.659. The van der Waals surface area contributed by atoms with Gasteiger partial charge in [0.05, 0.1) is 10.9 Å². The summed E-state index contributed by atoms with van der Waals surface area (Å²) in [4.78, 5) is 0. The minimum atomic E-state index is 0.542. The summed E-state index contributed by atoms with van der Waals surface area (Å²) in [5.41, 5.74) is 6.69. The number of nitrogens with zero attached hydrogens (tertiary/aromatic N) is 1. The number of aryl methyl sites for hydroxylation is 2. The number of ether oxygens (including phenoxy) is 1. The predicted molar refractivity (Wildman–Crippen MR) is 150 cm³/mol. The molecular weight excluding hydrogens is 438 g/mol. The third-order valence-electron chi connectivity index (χ3n) is 8.66. The Kier molecular flexibility index (Phi) is 4.90. The van der Waals surface area contributed by atoms with E-state index in [0.29, 0.717) is 11.8 Å². The van der Waals surface area contributed by atoms with Crippen molar-refractivity contribution in [3.05, 3.63) is 77.5 Å². The molecule has 0 spiro atoms. The topological polar surface area (TPSA) is 13.1 Å². The molecule has 0 atom stereocenters. The van der Waals surface area contributed by atoms with Crippen LogP contribution in [0.3, 0.4) is 0 Å². The van der Waals surface area contributed by atoms with Crippen LogP contribution in [0.15, 0.2) is 60.8 Å². The van der Waals surface area contributed by atoms with Crippen LogP contribution in [-0.2, 0) is 13.5 Å². The first kappa shape index (κ1) is 21.9. The molecule has 0 bridgehead atoms. The molecule has 2 heterocycles. The van der Waals surface area contributed by atoms with Crippen molar-refractivity contribution < 1.29 is 9.30 Å². The van der Waals surface area contributed by atoms with Gasteiger partial charge in [-0.3, -0.25) is 0 Å². The van der Waals surface area contributed by atoms with Crippen LogP contribution in [-0.4, -0.2) is 0 Å². The molecular formula is C34H34NO+. The lowest BCUT2D eigenvalue weighted by Crippen LogP contribution is -2.32. The van der Waals surface area contributed by atoms with Gasteiger partial charge in [0, 0.05) is 17.0 Å². The van der Waals surface area contributed by atoms with E-state index in [9.17, 15) is 0 Å². The van der Waals surface area contributed by atoms with Crippen molar-refractivity contribution in [1.29, 1.82) is 0 Å². The summed E-state index contributed by atoms with van der Waals surface area (Å²) in [5.74, 6) is 3.28. The van der Waals surface area contributed by atoms with Gasteiger partial charge in [0.2, 0.25) is 5.69 Å². The van der Waals surface area contributed by atoms with Gasteiger partial charge in [-0.2, -0.15) is 0 Å². The maximum Gasteiger partial charge on any atom is 0.228 e. The lowest BCUT2D eigenvalue weighted by Gasteiger charge is -2.26. The smallest absolute Gasteiger partial charge is 0.228 e. The highest BCUT2D eigenvalue weighted by Crippen LogP contribution is 2.53. The maximum absolute atomic E-state index is 7.04. The minimum absolute atomic E-state index is 0.542. The minimum Gasteiger partial charge on any atom is -0.455 e. The zero-order valence-electron chi connectivity index (χ0n) is 21.8. The first-order chi connectivity index (χ1) is 17.5. The summed E-state index contributed by atoms with van der Waals surface area (Å²) in [7, 11) is 2.18. The van der Waals surface area contributed by atoms with E-state index >= 15 is 0 Å². The zero-order chi connectivity index (χ0) is 24.6. The van der Waals surface area contributed by atoms with Crippen LogP contribution in [0.1, 0.15) is 62.1 Å². The van der Waals surface area contributed by atoms with Gasteiger partial charge in [-0.25, -0.2) is 4.57 Å². The molecule has 36 heavy (non-hydrogen) atoms. The van der Waals surface area contributed by atoms with Crippen LogP contribution in [0.5, 0.6) is 11.5 Å². The van der Waals surface area contributed by atoms with Gasteiger partial charge >= 0.3 is 0 Å². The Morgan fingerprint density at radius 1 is 0.889 bits per heavy atom. The van der Waals surface area contributed by atoms with Crippen molar-refractivity contribution >= 4 is 32.3 Å². The van der Waals surface area contributed by atoms with E-state index in [0.717, 1.165) is 17.9 Å². The zero-order valence-corrected chi connectivity index (χ0v) is 21.8. The van der Waals surface area contributed by atoms with Crippen molar-refractivity contribution in [2.45, 2.75) is 58.8 Å². The van der Waals surface area contributed by atoms with Crippen LogP contribution in [0, 0.1) is 12.8 Å². The van der Waals surface area contributed by atoms with E-state index in [1.807, 2.05) is 0 Å². The molecule has 0 N–H and O–H groups in total. The second-order valence-electron chi connectivity index (χ2n) is 11.4. The SMILES string of the molecule is Cc1c2c(c(CC(C)C)c3ccccc13)Oc1cc3c(C4CCCC4)cccc3c3cc[n+](C)c-2c13. The van der Waals surface area contributed by atoms with Crippen LogP contribution in [0.2, 0.25) is 0 Å². The quantitative estimate of drug-likeness (QED) is 0.185. The van der Waals surface area contributed by atoms with Gasteiger partial charge in [-0.05, 0) is 76.8 Å². The molecule has 0 unspecified atom stereocenters. The van der Waals surface area contributed by atoms with Crippen molar-refractivity contribution in [3.63, 3.8) is 0 Å². The van der Waals surface area contributed by atoms with E-state index in [2.05, 4.69) is 93.2 Å². The third kappa shape index (κ3) is 3.06. The normalized spacial score (nSPS) is 15.2. The van der Waals surface area contributed by atoms with Crippen molar-refractivity contribution in [2.24, 2.45) is 13.0 Å². The van der Waals surface area contributed by atoms with Gasteiger partial charge in [-0.15, -0.1) is 0 Å². The number of aromatic nitrogens is 1. The van der Waals surface area contributed by atoms with Gasteiger partial charge in [0.15, 0.2) is 6.20 Å². The molecule has 4 aromatic carbocycles. The Balaban J connectivity index is 1.62. The summed E-state index contributed by atoms with van der Waals surface area (Å²) in [5, 5.41) is 7.94. The first-order valence-corrected chi connectivity index (χ1v) is 13.6. The van der Waals surface area contributed by atoms with Gasteiger partial charge in [-0.1, -0.05) is 69.2 Å². The Morgan fingerprint density at radius 2 is 1.64 bits per heavy atom. The molecule has 5 aromatic rings. The molecule has 7 rings (SSSR count). The van der Waals surface area contributed by atoms with Crippen LogP contribution < -0.4 is 9.30 Å². The Bertz CT molecular complexity index is 1690. The molecule has 1 aliphatic heterocycles. The van der Waals surface area contributed by atoms with E-state index in [1.54, 1.807) is 0 Å². The number of benzene rings is 4. The van der Waals surface area contributed by atoms with Gasteiger partial charge < -0.3 is 4.74 Å². The first-order valence-electron chi connectivity index (χ1n) is 13.6. The molecule has 1 fully saturated rings. The molecule has 0 radical (unpaired) electrons. The third-order valence-corrected chi connectivity index (χ3v) is 8.66. The summed E-state index contributed by atoms with van der Waals surface area (Å²) < 4.78 is 9.34. The molecule has 0 saturated heterocycles. The number of rotatable bonds is 3. The van der Waals surface area contributed by atoms with E-state index < -0.39 is 0 Å². The highest BCUT2D eigenvalue weighted by molar-refractivity contribution is 6.16. The largest absolute Gasteiger partial charge is 0.455 e. The molecule has 180 valence electrons. The van der Waals surface area contributed by atoms with Crippen LogP contribution in [0.4, 0.5) is 0 Å². The second kappa shape index (κ2) is 8.06. The predicted octanol–water partition coefficient (Wildman–Crippen LogP) is 8.91. The van der Waals surface area contributed by atoms with Gasteiger partial charge in [0.1, 0.15) is 18.5 Å². The lowest BCUT2D eigenvalue weighted by atomic mass is 9.85. The Morgan fingerprint density at radius 3 is 2.42 bits per heavy atom. The van der Waals surface area contributed by atoms with E-state index in [1.165, 1.54) is 85.9 Å². The molecule has 2 heteroatoms. The second-order valence-corrected chi connectivity index (χ2v) is 11.4. The number of pyridine rings is 1. The highest BCUT2D eigenvalue weighted by atomic mass is 16.5. The summed E-state index contributed by atoms with van der Waals surface area (Å²) in [6, 6.07) is 20.5. The van der Waals surface area contributed by atoms with Crippen LogP contribution >= 0.6 is 0 Å². The summed E-state index contributed by atoms with van der Waals surface area (Å²) in [6.45, 7) is 6.88. The number of hydrogen-bond donors (Lipinski definition) is 0. The molecule has 1 aromatic heterocycles. The Hall–Kier alpha value is -3.39.